The average Bonchev–Trinajstić information content (AvgIpc) is 2.98. The number of hydrogen-bond acceptors (Lipinski definition) is 5. The predicted octanol–water partition coefficient (Wildman–Crippen LogP) is 1.95. The van der Waals surface area contributed by atoms with Gasteiger partial charge in [-0.05, 0) is 18.8 Å². The Kier molecular flexibility index (Phi) is 8.49. The molecule has 0 spiro atoms. The molecular weight excluding hydrogens is 266 g/mol. The lowest BCUT2D eigenvalue weighted by molar-refractivity contribution is -0.126. The zero-order valence-electron chi connectivity index (χ0n) is 12.7. The van der Waals surface area contributed by atoms with Crippen molar-refractivity contribution in [2.45, 2.75) is 52.6 Å². The summed E-state index contributed by atoms with van der Waals surface area (Å²) in [5, 5.41) is 9.90. The van der Waals surface area contributed by atoms with E-state index in [0.29, 0.717) is 12.0 Å². The number of hydroxylamine groups is 2. The van der Waals surface area contributed by atoms with Crippen molar-refractivity contribution in [1.82, 2.24) is 25.1 Å². The molecule has 0 bridgehead atoms. The van der Waals surface area contributed by atoms with Crippen LogP contribution in [0, 0.1) is 5.92 Å². The zero-order chi connectivity index (χ0) is 14.2. The zero-order valence-corrected chi connectivity index (χ0v) is 12.7. The highest BCUT2D eigenvalue weighted by atomic mass is 16.7. The van der Waals surface area contributed by atoms with Crippen LogP contribution in [0.2, 0.25) is 0 Å². The fourth-order valence-corrected chi connectivity index (χ4v) is 3.02. The molecule has 1 aliphatic rings. The number of hydrogen-bond donors (Lipinski definition) is 1. The van der Waals surface area contributed by atoms with Gasteiger partial charge in [0, 0.05) is 32.2 Å². The molecule has 2 rings (SSSR count). The summed E-state index contributed by atoms with van der Waals surface area (Å²) in [5.41, 5.74) is 0. The van der Waals surface area contributed by atoms with Gasteiger partial charge in [-0.3, -0.25) is 4.68 Å². The molecule has 0 aromatic carbocycles. The summed E-state index contributed by atoms with van der Waals surface area (Å²) < 4.78 is 1.96. The lowest BCUT2D eigenvalue weighted by atomic mass is 9.84. The Bertz CT molecular complexity index is 353. The van der Waals surface area contributed by atoms with E-state index in [4.69, 9.17) is 4.84 Å². The maximum absolute atomic E-state index is 5.27. The van der Waals surface area contributed by atoms with Crippen LogP contribution in [0.5, 0.6) is 0 Å². The van der Waals surface area contributed by atoms with Gasteiger partial charge >= 0.3 is 0 Å². The number of aromatic nitrogens is 3. The fraction of sp³-hybridized carbons (Fsp3) is 0.867. The summed E-state index contributed by atoms with van der Waals surface area (Å²) in [5.74, 6) is 0.656. The number of likely N-dealkylation sites (N-methyl/N-ethyl adjacent to an activating group) is 1. The first-order chi connectivity index (χ1) is 9.83. The second kappa shape index (κ2) is 9.87. The van der Waals surface area contributed by atoms with Gasteiger partial charge in [0.1, 0.15) is 12.7 Å². The summed E-state index contributed by atoms with van der Waals surface area (Å²) >= 11 is 0. The number of nitrogens with zero attached hydrogens (tertiary/aromatic N) is 4. The van der Waals surface area contributed by atoms with Crippen LogP contribution in [-0.4, -0.2) is 52.6 Å². The molecule has 0 amide bonds. The summed E-state index contributed by atoms with van der Waals surface area (Å²) in [6.07, 6.45) is 8.63. The summed E-state index contributed by atoms with van der Waals surface area (Å²) in [6, 6.07) is 0.587. The molecule has 2 unspecified atom stereocenters. The normalized spacial score (nSPS) is 22.2. The quantitative estimate of drug-likeness (QED) is 0.743. The molecule has 1 aromatic rings. The third kappa shape index (κ3) is 5.73. The Hall–Kier alpha value is -0.980. The van der Waals surface area contributed by atoms with E-state index >= 15 is 0 Å². The van der Waals surface area contributed by atoms with Gasteiger partial charge in [-0.2, -0.15) is 10.2 Å². The van der Waals surface area contributed by atoms with E-state index in [0.717, 1.165) is 26.2 Å². The SMILES string of the molecule is C.CCN(CCNC1CCCCC1Cn1cncn1)OC. The number of nitrogens with one attached hydrogen (secondary N) is 1. The van der Waals surface area contributed by atoms with Crippen LogP contribution < -0.4 is 5.32 Å². The molecule has 1 fully saturated rings. The average molecular weight is 297 g/mol. The third-order valence-corrected chi connectivity index (χ3v) is 4.18. The Morgan fingerprint density at radius 3 is 2.86 bits per heavy atom. The molecule has 1 heterocycles. The Morgan fingerprint density at radius 2 is 2.19 bits per heavy atom. The Morgan fingerprint density at radius 1 is 1.38 bits per heavy atom. The van der Waals surface area contributed by atoms with Crippen LogP contribution in [-0.2, 0) is 11.4 Å². The van der Waals surface area contributed by atoms with Crippen LogP contribution in [0.4, 0.5) is 0 Å². The standard InChI is InChI=1S/C14H27N5O.CH4/c1-3-19(20-2)9-8-16-14-7-5-4-6-13(14)10-18-12-15-11-17-18;/h11-14,16H,3-10H2,1-2H3;1H4. The maximum atomic E-state index is 5.27. The monoisotopic (exact) mass is 297 g/mol. The topological polar surface area (TPSA) is 55.2 Å². The van der Waals surface area contributed by atoms with Crippen molar-refractivity contribution in [3.05, 3.63) is 12.7 Å². The molecule has 1 saturated carbocycles. The molecule has 0 radical (unpaired) electrons. The van der Waals surface area contributed by atoms with Gasteiger partial charge in [-0.15, -0.1) is 0 Å². The van der Waals surface area contributed by atoms with E-state index in [1.165, 1.54) is 25.7 Å². The van der Waals surface area contributed by atoms with Crippen molar-refractivity contribution in [3.8, 4) is 0 Å². The van der Waals surface area contributed by atoms with Crippen LogP contribution in [0.1, 0.15) is 40.0 Å². The van der Waals surface area contributed by atoms with E-state index in [2.05, 4.69) is 22.3 Å². The van der Waals surface area contributed by atoms with E-state index in [9.17, 15) is 0 Å². The second-order valence-corrected chi connectivity index (χ2v) is 5.43. The van der Waals surface area contributed by atoms with Gasteiger partial charge in [0.25, 0.3) is 0 Å². The minimum absolute atomic E-state index is 0. The van der Waals surface area contributed by atoms with Crippen molar-refractivity contribution >= 4 is 0 Å². The van der Waals surface area contributed by atoms with Gasteiger partial charge in [0.15, 0.2) is 0 Å². The maximum Gasteiger partial charge on any atom is 0.137 e. The molecule has 1 aromatic heterocycles. The first-order valence-electron chi connectivity index (χ1n) is 7.68. The van der Waals surface area contributed by atoms with Gasteiger partial charge in [0.2, 0.25) is 0 Å². The van der Waals surface area contributed by atoms with Crippen molar-refractivity contribution in [3.63, 3.8) is 0 Å². The van der Waals surface area contributed by atoms with Gasteiger partial charge < -0.3 is 10.2 Å². The first kappa shape index (κ1) is 18.1. The highest BCUT2D eigenvalue weighted by Gasteiger charge is 2.25. The van der Waals surface area contributed by atoms with Crippen molar-refractivity contribution < 1.29 is 4.84 Å². The molecule has 21 heavy (non-hydrogen) atoms. The molecule has 0 saturated heterocycles. The van der Waals surface area contributed by atoms with Crippen molar-refractivity contribution in [1.29, 1.82) is 0 Å². The minimum atomic E-state index is 0. The molecule has 6 heteroatoms. The highest BCUT2D eigenvalue weighted by Crippen LogP contribution is 2.25. The van der Waals surface area contributed by atoms with E-state index < -0.39 is 0 Å². The van der Waals surface area contributed by atoms with Crippen LogP contribution in [0.25, 0.3) is 0 Å². The van der Waals surface area contributed by atoms with E-state index in [-0.39, 0.29) is 7.43 Å². The van der Waals surface area contributed by atoms with Gasteiger partial charge in [-0.1, -0.05) is 27.2 Å². The van der Waals surface area contributed by atoms with E-state index in [1.54, 1.807) is 13.4 Å². The lowest BCUT2D eigenvalue weighted by Crippen LogP contribution is -2.43. The van der Waals surface area contributed by atoms with Crippen LogP contribution in [0.3, 0.4) is 0 Å². The number of rotatable bonds is 8. The molecule has 6 nitrogen and oxygen atoms in total. The Labute approximate surface area is 128 Å². The molecular formula is C15H31N5O. The third-order valence-electron chi connectivity index (χ3n) is 4.18. The summed E-state index contributed by atoms with van der Waals surface area (Å²) in [7, 11) is 1.73. The largest absolute Gasteiger partial charge is 0.312 e. The lowest BCUT2D eigenvalue weighted by Gasteiger charge is -2.32. The first-order valence-corrected chi connectivity index (χ1v) is 7.68. The van der Waals surface area contributed by atoms with Crippen LogP contribution in [0.15, 0.2) is 12.7 Å². The highest BCUT2D eigenvalue weighted by molar-refractivity contribution is 4.81. The molecule has 0 aliphatic heterocycles. The van der Waals surface area contributed by atoms with Gasteiger partial charge in [-0.25, -0.2) is 4.98 Å². The van der Waals surface area contributed by atoms with Crippen molar-refractivity contribution in [2.24, 2.45) is 5.92 Å². The molecule has 122 valence electrons. The van der Waals surface area contributed by atoms with Crippen LogP contribution >= 0.6 is 0 Å². The Balaban J connectivity index is 0.00000220. The molecule has 2 atom stereocenters. The molecule has 1 N–H and O–H groups in total. The van der Waals surface area contributed by atoms with Gasteiger partial charge in [0.05, 0.1) is 7.11 Å². The smallest absolute Gasteiger partial charge is 0.137 e. The minimum Gasteiger partial charge on any atom is -0.312 e. The fourth-order valence-electron chi connectivity index (χ4n) is 3.02. The summed E-state index contributed by atoms with van der Waals surface area (Å²) in [4.78, 5) is 9.30. The van der Waals surface area contributed by atoms with Crippen molar-refractivity contribution in [2.75, 3.05) is 26.7 Å². The second-order valence-electron chi connectivity index (χ2n) is 5.43. The molecule has 1 aliphatic carbocycles. The summed E-state index contributed by atoms with van der Waals surface area (Å²) in [6.45, 7) is 5.90. The van der Waals surface area contributed by atoms with E-state index in [1.807, 2.05) is 16.1 Å². The predicted molar refractivity (Wildman–Crippen MR) is 84.8 cm³/mol.